The van der Waals surface area contributed by atoms with Crippen LogP contribution in [0.1, 0.15) is 16.7 Å². The minimum atomic E-state index is -0.548. The molecule has 0 aliphatic carbocycles. The van der Waals surface area contributed by atoms with Gasteiger partial charge in [0, 0.05) is 22.6 Å². The second-order valence-electron chi connectivity index (χ2n) is 7.47. The van der Waals surface area contributed by atoms with E-state index in [9.17, 15) is 14.4 Å². The van der Waals surface area contributed by atoms with E-state index in [1.165, 1.54) is 32.4 Å². The molecule has 0 saturated carbocycles. The number of hydrogen-bond acceptors (Lipinski definition) is 6. The average molecular weight is 555 g/mol. The molecular weight excluding hydrogens is 531 g/mol. The number of carbonyl (C=O) groups is 1. The van der Waals surface area contributed by atoms with Crippen LogP contribution in [0.15, 0.2) is 64.6 Å². The van der Waals surface area contributed by atoms with Crippen molar-refractivity contribution in [2.24, 2.45) is 0 Å². The molecule has 186 valence electrons. The topological polar surface area (TPSA) is 89.8 Å². The lowest BCUT2D eigenvalue weighted by molar-refractivity contribution is -0.117. The van der Waals surface area contributed by atoms with Crippen LogP contribution in [0.5, 0.6) is 23.0 Å². The Bertz CT molecular complexity index is 1320. The van der Waals surface area contributed by atoms with Gasteiger partial charge in [-0.3, -0.25) is 4.79 Å². The zero-order valence-corrected chi connectivity index (χ0v) is 21.5. The molecule has 0 fully saturated rings. The van der Waals surface area contributed by atoms with Crippen LogP contribution in [0.2, 0.25) is 0 Å². The van der Waals surface area contributed by atoms with E-state index >= 15 is 0 Å². The Labute approximate surface area is 217 Å². The van der Waals surface area contributed by atoms with E-state index in [2.05, 4.69) is 21.2 Å². The molecule has 0 saturated heterocycles. The van der Waals surface area contributed by atoms with Crippen molar-refractivity contribution in [2.75, 3.05) is 21.3 Å². The lowest BCUT2D eigenvalue weighted by Crippen LogP contribution is -2.24. The van der Waals surface area contributed by atoms with Crippen molar-refractivity contribution < 1.29 is 28.1 Å². The minimum absolute atomic E-state index is 0.0985. The van der Waals surface area contributed by atoms with E-state index in [4.69, 9.17) is 18.9 Å². The maximum absolute atomic E-state index is 13.4. The first-order valence-corrected chi connectivity index (χ1v) is 11.5. The summed E-state index contributed by atoms with van der Waals surface area (Å²) in [4.78, 5) is 12.7. The van der Waals surface area contributed by atoms with Crippen molar-refractivity contribution in [3.8, 4) is 29.1 Å². The molecule has 0 aromatic heterocycles. The van der Waals surface area contributed by atoms with Crippen LogP contribution in [0.25, 0.3) is 6.08 Å². The molecule has 0 aliphatic heterocycles. The van der Waals surface area contributed by atoms with Gasteiger partial charge in [0.25, 0.3) is 5.91 Å². The Morgan fingerprint density at radius 1 is 1.03 bits per heavy atom. The number of methoxy groups -OCH3 is 3. The van der Waals surface area contributed by atoms with Crippen molar-refractivity contribution in [1.29, 1.82) is 5.26 Å². The summed E-state index contributed by atoms with van der Waals surface area (Å²) >= 11 is 3.45. The molecule has 0 atom stereocenters. The smallest absolute Gasteiger partial charge is 0.262 e. The summed E-state index contributed by atoms with van der Waals surface area (Å²) < 4.78 is 35.8. The fourth-order valence-corrected chi connectivity index (χ4v) is 3.73. The number of nitrogens with zero attached hydrogens (tertiary/aromatic N) is 1. The lowest BCUT2D eigenvalue weighted by atomic mass is 10.1. The van der Waals surface area contributed by atoms with Gasteiger partial charge in [-0.05, 0) is 53.6 Å². The number of nitrogens with one attached hydrogen (secondary N) is 1. The number of rotatable bonds is 10. The third-order valence-corrected chi connectivity index (χ3v) is 5.85. The molecule has 3 aromatic rings. The summed E-state index contributed by atoms with van der Waals surface area (Å²) in [6.45, 7) is 0.290. The Hall–Kier alpha value is -4.03. The highest BCUT2D eigenvalue weighted by Crippen LogP contribution is 2.35. The van der Waals surface area contributed by atoms with E-state index < -0.39 is 5.91 Å². The molecule has 0 unspecified atom stereocenters. The second-order valence-corrected chi connectivity index (χ2v) is 8.33. The highest BCUT2D eigenvalue weighted by Gasteiger charge is 2.15. The first-order chi connectivity index (χ1) is 17.4. The van der Waals surface area contributed by atoms with Crippen molar-refractivity contribution in [2.45, 2.75) is 13.2 Å². The summed E-state index contributed by atoms with van der Waals surface area (Å²) in [6.07, 6.45) is 1.45. The third kappa shape index (κ3) is 6.77. The molecule has 1 N–H and O–H groups in total. The fourth-order valence-electron chi connectivity index (χ4n) is 3.29. The van der Waals surface area contributed by atoms with Crippen molar-refractivity contribution in [3.05, 3.63) is 87.2 Å². The van der Waals surface area contributed by atoms with E-state index in [-0.39, 0.29) is 24.5 Å². The quantitative estimate of drug-likeness (QED) is 0.266. The molecule has 1 amide bonds. The summed E-state index contributed by atoms with van der Waals surface area (Å²) in [6, 6.07) is 16.6. The van der Waals surface area contributed by atoms with Crippen LogP contribution in [-0.4, -0.2) is 27.2 Å². The molecule has 0 spiro atoms. The van der Waals surface area contributed by atoms with E-state index in [1.54, 1.807) is 49.6 Å². The van der Waals surface area contributed by atoms with E-state index in [0.29, 0.717) is 38.6 Å². The van der Waals surface area contributed by atoms with Gasteiger partial charge >= 0.3 is 0 Å². The second kappa shape index (κ2) is 12.6. The number of halogens is 2. The predicted molar refractivity (Wildman–Crippen MR) is 136 cm³/mol. The molecule has 0 aliphatic rings. The molecule has 0 radical (unpaired) electrons. The van der Waals surface area contributed by atoms with Gasteiger partial charge in [-0.15, -0.1) is 0 Å². The van der Waals surface area contributed by atoms with Gasteiger partial charge in [0.15, 0.2) is 11.5 Å². The van der Waals surface area contributed by atoms with Crippen LogP contribution in [0.4, 0.5) is 4.39 Å². The highest BCUT2D eigenvalue weighted by molar-refractivity contribution is 9.10. The standard InChI is InChI=1S/C27H24BrFN2O5/c1-33-22-8-7-18(24(12-22)34-2)15-31-27(32)20(14-30)10-19-11-25(35-3)26(13-23(19)28)36-16-17-5-4-6-21(29)9-17/h4-13H,15-16H2,1-3H3,(H,31,32)/b20-10+. The maximum atomic E-state index is 13.4. The van der Waals surface area contributed by atoms with Crippen LogP contribution in [0.3, 0.4) is 0 Å². The van der Waals surface area contributed by atoms with Crippen molar-refractivity contribution in [1.82, 2.24) is 5.32 Å². The number of ether oxygens (including phenoxy) is 4. The van der Waals surface area contributed by atoms with Gasteiger partial charge in [0.1, 0.15) is 35.6 Å². The van der Waals surface area contributed by atoms with Crippen LogP contribution in [0, 0.1) is 17.1 Å². The molecule has 36 heavy (non-hydrogen) atoms. The van der Waals surface area contributed by atoms with Gasteiger partial charge in [0.05, 0.1) is 21.3 Å². The zero-order chi connectivity index (χ0) is 26.1. The Morgan fingerprint density at radius 3 is 2.47 bits per heavy atom. The van der Waals surface area contributed by atoms with Crippen molar-refractivity contribution in [3.63, 3.8) is 0 Å². The minimum Gasteiger partial charge on any atom is -0.497 e. The monoisotopic (exact) mass is 554 g/mol. The Kier molecular flexibility index (Phi) is 9.31. The first-order valence-electron chi connectivity index (χ1n) is 10.7. The summed E-state index contributed by atoms with van der Waals surface area (Å²) in [7, 11) is 4.56. The van der Waals surface area contributed by atoms with Gasteiger partial charge in [-0.2, -0.15) is 5.26 Å². The van der Waals surface area contributed by atoms with Gasteiger partial charge in [-0.25, -0.2) is 4.39 Å². The molecule has 7 nitrogen and oxygen atoms in total. The number of benzene rings is 3. The van der Waals surface area contributed by atoms with Crippen LogP contribution < -0.4 is 24.3 Å². The number of amides is 1. The maximum Gasteiger partial charge on any atom is 0.262 e. The molecule has 0 heterocycles. The van der Waals surface area contributed by atoms with Gasteiger partial charge in [0.2, 0.25) is 0 Å². The third-order valence-electron chi connectivity index (χ3n) is 5.16. The van der Waals surface area contributed by atoms with E-state index in [1.807, 2.05) is 6.07 Å². The molecule has 3 rings (SSSR count). The summed E-state index contributed by atoms with van der Waals surface area (Å²) in [5.74, 6) is 1.09. The first kappa shape index (κ1) is 26.6. The Balaban J connectivity index is 1.76. The average Bonchev–Trinajstić information content (AvgIpc) is 2.89. The summed E-state index contributed by atoms with van der Waals surface area (Å²) in [5.41, 5.74) is 1.83. The van der Waals surface area contributed by atoms with Crippen LogP contribution >= 0.6 is 15.9 Å². The largest absolute Gasteiger partial charge is 0.497 e. The molecule has 3 aromatic carbocycles. The predicted octanol–water partition coefficient (Wildman–Crippen LogP) is 5.42. The van der Waals surface area contributed by atoms with Gasteiger partial charge < -0.3 is 24.3 Å². The molecule has 0 bridgehead atoms. The Morgan fingerprint density at radius 2 is 1.81 bits per heavy atom. The van der Waals surface area contributed by atoms with Gasteiger partial charge in [-0.1, -0.05) is 28.1 Å². The normalized spacial score (nSPS) is 10.8. The summed E-state index contributed by atoms with van der Waals surface area (Å²) in [5, 5.41) is 12.3. The molecule has 9 heteroatoms. The van der Waals surface area contributed by atoms with Crippen molar-refractivity contribution >= 4 is 27.9 Å². The SMILES string of the molecule is COc1ccc(CNC(=O)/C(C#N)=C/c2cc(OC)c(OCc3cccc(F)c3)cc2Br)c(OC)c1. The van der Waals surface area contributed by atoms with E-state index in [0.717, 1.165) is 5.56 Å². The number of nitriles is 1. The highest BCUT2D eigenvalue weighted by atomic mass is 79.9. The zero-order valence-electron chi connectivity index (χ0n) is 19.9. The number of carbonyl (C=O) groups excluding carboxylic acids is 1. The van der Waals surface area contributed by atoms with Crippen LogP contribution in [-0.2, 0) is 17.9 Å². The number of hydrogen-bond donors (Lipinski definition) is 1. The lowest BCUT2D eigenvalue weighted by Gasteiger charge is -2.13. The fraction of sp³-hybridized carbons (Fsp3) is 0.185. The molecular formula is C27H24BrFN2O5.